The highest BCUT2D eigenvalue weighted by Crippen LogP contribution is 2.34. The highest BCUT2D eigenvalue weighted by atomic mass is 35.5. The molecule has 0 saturated carbocycles. The minimum absolute atomic E-state index is 0.0571. The molecular formula is C22H24Cl2O6S. The number of hydrogen-bond acceptors (Lipinski definition) is 5. The topological polar surface area (TPSA) is 101 Å². The average Bonchev–Trinajstić information content (AvgIpc) is 2.70. The Bertz CT molecular complexity index is 1010. The van der Waals surface area contributed by atoms with Crippen molar-refractivity contribution in [3.8, 4) is 11.5 Å². The molecule has 0 radical (unpaired) electrons. The number of ketones is 1. The molecular weight excluding hydrogens is 463 g/mol. The zero-order valence-electron chi connectivity index (χ0n) is 17.2. The monoisotopic (exact) mass is 486 g/mol. The first-order valence-electron chi connectivity index (χ1n) is 9.72. The van der Waals surface area contributed by atoms with Crippen LogP contribution < -0.4 is 4.74 Å². The van der Waals surface area contributed by atoms with Crippen molar-refractivity contribution in [3.63, 3.8) is 0 Å². The van der Waals surface area contributed by atoms with Gasteiger partial charge in [0.2, 0.25) is 0 Å². The number of halogens is 2. The first-order chi connectivity index (χ1) is 14.7. The number of carbonyl (C=O) groups is 2. The Balaban J connectivity index is 2.02. The lowest BCUT2D eigenvalue weighted by molar-refractivity contribution is -0.136. The average molecular weight is 487 g/mol. The molecule has 2 N–H and O–H groups in total. The molecule has 168 valence electrons. The number of aromatic hydroxyl groups is 1. The predicted octanol–water partition coefficient (Wildman–Crippen LogP) is 5.06. The molecule has 0 aliphatic heterocycles. The Morgan fingerprint density at radius 3 is 2.45 bits per heavy atom. The molecule has 0 saturated heterocycles. The minimum Gasteiger partial charge on any atom is -0.507 e. The zero-order valence-corrected chi connectivity index (χ0v) is 19.6. The molecule has 0 aromatic heterocycles. The summed E-state index contributed by atoms with van der Waals surface area (Å²) in [6, 6.07) is 6.24. The second-order valence-electron chi connectivity index (χ2n) is 6.92. The van der Waals surface area contributed by atoms with Gasteiger partial charge in [-0.15, -0.1) is 0 Å². The van der Waals surface area contributed by atoms with Gasteiger partial charge in [0.25, 0.3) is 0 Å². The van der Waals surface area contributed by atoms with E-state index in [-0.39, 0.29) is 45.9 Å². The number of rotatable bonds is 11. The van der Waals surface area contributed by atoms with Gasteiger partial charge in [-0.05, 0) is 43.5 Å². The highest BCUT2D eigenvalue weighted by molar-refractivity contribution is 7.85. The molecule has 2 rings (SSSR count). The van der Waals surface area contributed by atoms with Crippen molar-refractivity contribution in [2.75, 3.05) is 12.4 Å². The molecule has 9 heteroatoms. The molecule has 6 nitrogen and oxygen atoms in total. The van der Waals surface area contributed by atoms with E-state index in [9.17, 15) is 18.9 Å². The van der Waals surface area contributed by atoms with E-state index in [2.05, 4.69) is 0 Å². The van der Waals surface area contributed by atoms with Crippen molar-refractivity contribution in [1.29, 1.82) is 0 Å². The van der Waals surface area contributed by atoms with Gasteiger partial charge in [0.05, 0.1) is 44.3 Å². The SMILES string of the molecule is CCCc1c(OCCCS(=O)c2ccc(CC(=O)O)c(Cl)c2Cl)ccc(C(C)=O)c1O. The van der Waals surface area contributed by atoms with Crippen LogP contribution in [0.15, 0.2) is 29.2 Å². The summed E-state index contributed by atoms with van der Waals surface area (Å²) in [6.07, 6.45) is 1.50. The quantitative estimate of drug-likeness (QED) is 0.340. The lowest BCUT2D eigenvalue weighted by Crippen LogP contribution is -2.08. The fourth-order valence-electron chi connectivity index (χ4n) is 3.06. The van der Waals surface area contributed by atoms with Crippen LogP contribution in [0.2, 0.25) is 10.0 Å². The number of benzene rings is 2. The molecule has 2 aromatic carbocycles. The van der Waals surface area contributed by atoms with E-state index in [1.807, 2.05) is 6.92 Å². The van der Waals surface area contributed by atoms with Crippen LogP contribution in [0, 0.1) is 0 Å². The number of Topliss-reactive ketones (excluding diaryl/α,β-unsaturated/α-hetero) is 1. The van der Waals surface area contributed by atoms with Gasteiger partial charge in [0.1, 0.15) is 11.5 Å². The number of aliphatic carboxylic acids is 1. The van der Waals surface area contributed by atoms with Gasteiger partial charge in [-0.3, -0.25) is 13.8 Å². The van der Waals surface area contributed by atoms with Gasteiger partial charge >= 0.3 is 5.97 Å². The third-order valence-corrected chi connectivity index (χ3v) is 7.09. The normalized spacial score (nSPS) is 11.9. The van der Waals surface area contributed by atoms with Gasteiger partial charge in [0, 0.05) is 11.3 Å². The highest BCUT2D eigenvalue weighted by Gasteiger charge is 2.18. The molecule has 0 bridgehead atoms. The zero-order chi connectivity index (χ0) is 23.1. The van der Waals surface area contributed by atoms with Gasteiger partial charge in [-0.25, -0.2) is 0 Å². The number of hydrogen-bond donors (Lipinski definition) is 2. The maximum absolute atomic E-state index is 12.6. The maximum atomic E-state index is 12.6. The van der Waals surface area contributed by atoms with Crippen molar-refractivity contribution in [1.82, 2.24) is 0 Å². The molecule has 0 amide bonds. The van der Waals surface area contributed by atoms with Crippen molar-refractivity contribution < 1.29 is 28.7 Å². The molecule has 1 atom stereocenters. The van der Waals surface area contributed by atoms with Crippen molar-refractivity contribution in [2.24, 2.45) is 0 Å². The van der Waals surface area contributed by atoms with Crippen LogP contribution in [-0.4, -0.2) is 38.5 Å². The van der Waals surface area contributed by atoms with E-state index in [4.69, 9.17) is 33.0 Å². The number of ether oxygens (including phenoxy) is 1. The van der Waals surface area contributed by atoms with Crippen LogP contribution >= 0.6 is 23.2 Å². The van der Waals surface area contributed by atoms with Gasteiger partial charge in [-0.2, -0.15) is 0 Å². The van der Waals surface area contributed by atoms with Crippen LogP contribution in [-0.2, 0) is 28.4 Å². The summed E-state index contributed by atoms with van der Waals surface area (Å²) in [6.45, 7) is 3.61. The summed E-state index contributed by atoms with van der Waals surface area (Å²) in [5, 5.41) is 19.5. The number of carboxylic acid groups (broad SMARTS) is 1. The second kappa shape index (κ2) is 11.5. The fraction of sp³-hybridized carbons (Fsp3) is 0.364. The van der Waals surface area contributed by atoms with Gasteiger partial charge in [0.15, 0.2) is 5.78 Å². The third kappa shape index (κ3) is 6.45. The van der Waals surface area contributed by atoms with Crippen LogP contribution in [0.3, 0.4) is 0 Å². The molecule has 0 aliphatic carbocycles. The van der Waals surface area contributed by atoms with E-state index in [1.165, 1.54) is 25.1 Å². The summed E-state index contributed by atoms with van der Waals surface area (Å²) in [5.74, 6) is -0.558. The Kier molecular flexibility index (Phi) is 9.34. The van der Waals surface area contributed by atoms with E-state index in [1.54, 1.807) is 6.07 Å². The Morgan fingerprint density at radius 1 is 1.13 bits per heavy atom. The van der Waals surface area contributed by atoms with Crippen molar-refractivity contribution in [3.05, 3.63) is 51.0 Å². The van der Waals surface area contributed by atoms with E-state index in [0.717, 1.165) is 6.42 Å². The number of carboxylic acids is 1. The minimum atomic E-state index is -1.44. The van der Waals surface area contributed by atoms with Crippen LogP contribution in [0.5, 0.6) is 11.5 Å². The summed E-state index contributed by atoms with van der Waals surface area (Å²) in [4.78, 5) is 22.9. The van der Waals surface area contributed by atoms with Crippen LogP contribution in [0.4, 0.5) is 0 Å². The lowest BCUT2D eigenvalue weighted by atomic mass is 10.0. The second-order valence-corrected chi connectivity index (χ2v) is 9.21. The largest absolute Gasteiger partial charge is 0.507 e. The summed E-state index contributed by atoms with van der Waals surface area (Å²) in [7, 11) is -1.44. The Hall–Kier alpha value is -2.09. The maximum Gasteiger partial charge on any atom is 0.307 e. The standard InChI is InChI=1S/C22H24Cl2O6S/c1-3-5-16-17(8-7-15(13(2)25)22(16)28)30-10-4-11-31(29)18-9-6-14(12-19(26)27)20(23)21(18)24/h6-9,28H,3-5,10-12H2,1-2H3,(H,26,27). The molecule has 2 aromatic rings. The smallest absolute Gasteiger partial charge is 0.307 e. The fourth-order valence-corrected chi connectivity index (χ4v) is 4.91. The summed E-state index contributed by atoms with van der Waals surface area (Å²) >= 11 is 12.3. The molecule has 0 aliphatic rings. The van der Waals surface area contributed by atoms with Gasteiger partial charge in [-0.1, -0.05) is 42.6 Å². The van der Waals surface area contributed by atoms with E-state index >= 15 is 0 Å². The summed E-state index contributed by atoms with van der Waals surface area (Å²) in [5.41, 5.74) is 1.20. The number of phenols is 1. The van der Waals surface area contributed by atoms with E-state index < -0.39 is 16.8 Å². The molecule has 0 heterocycles. The van der Waals surface area contributed by atoms with Crippen molar-refractivity contribution >= 4 is 45.8 Å². The molecule has 31 heavy (non-hydrogen) atoms. The van der Waals surface area contributed by atoms with Crippen LogP contribution in [0.1, 0.15) is 48.2 Å². The first kappa shape index (κ1) is 25.2. The predicted molar refractivity (Wildman–Crippen MR) is 121 cm³/mol. The van der Waals surface area contributed by atoms with Gasteiger partial charge < -0.3 is 14.9 Å². The van der Waals surface area contributed by atoms with E-state index in [0.29, 0.717) is 34.6 Å². The van der Waals surface area contributed by atoms with Crippen LogP contribution in [0.25, 0.3) is 0 Å². The lowest BCUT2D eigenvalue weighted by Gasteiger charge is -2.15. The van der Waals surface area contributed by atoms with Crippen molar-refractivity contribution in [2.45, 2.75) is 44.4 Å². The molecule has 0 fully saturated rings. The Labute approximate surface area is 193 Å². The molecule has 0 spiro atoms. The molecule has 1 unspecified atom stereocenters. The first-order valence-corrected chi connectivity index (χ1v) is 11.8. The number of phenolic OH excluding ortho intramolecular Hbond substituents is 1. The Morgan fingerprint density at radius 2 is 1.84 bits per heavy atom. The number of carbonyl (C=O) groups excluding carboxylic acids is 1. The summed E-state index contributed by atoms with van der Waals surface area (Å²) < 4.78 is 18.4. The third-order valence-electron chi connectivity index (χ3n) is 4.56.